The van der Waals surface area contributed by atoms with E-state index in [0.29, 0.717) is 23.8 Å². The molecule has 1 aromatic carbocycles. The molecule has 0 radical (unpaired) electrons. The van der Waals surface area contributed by atoms with Crippen LogP contribution in [0.5, 0.6) is 0 Å². The summed E-state index contributed by atoms with van der Waals surface area (Å²) >= 11 is 3.57. The molecule has 2 atom stereocenters. The van der Waals surface area contributed by atoms with Gasteiger partial charge in [-0.3, -0.25) is 4.79 Å². The fraction of sp³-hybridized carbons (Fsp3) is 0.462. The second-order valence-corrected chi connectivity index (χ2v) is 5.69. The predicted octanol–water partition coefficient (Wildman–Crippen LogP) is 3.07. The minimum absolute atomic E-state index is 0.168. The number of amides is 1. The van der Waals surface area contributed by atoms with Crippen LogP contribution < -0.4 is 0 Å². The smallest absolute Gasteiger partial charge is 0.256 e. The Balaban J connectivity index is 2.14. The van der Waals surface area contributed by atoms with Crippen LogP contribution in [0, 0.1) is 11.7 Å². The number of benzene rings is 1. The summed E-state index contributed by atoms with van der Waals surface area (Å²) in [6.45, 7) is 3.51. The van der Waals surface area contributed by atoms with E-state index in [0.717, 1.165) is 6.42 Å². The zero-order valence-corrected chi connectivity index (χ0v) is 11.3. The van der Waals surface area contributed by atoms with Crippen molar-refractivity contribution < 1.29 is 9.18 Å². The summed E-state index contributed by atoms with van der Waals surface area (Å²) in [6, 6.07) is 6.15. The first-order valence-electron chi connectivity index (χ1n) is 5.77. The molecule has 1 aliphatic rings. The van der Waals surface area contributed by atoms with Crippen LogP contribution in [0.15, 0.2) is 24.3 Å². The highest BCUT2D eigenvalue weighted by Crippen LogP contribution is 2.24. The number of carbonyl (C=O) groups is 1. The molecule has 17 heavy (non-hydrogen) atoms. The molecule has 2 rings (SSSR count). The Morgan fingerprint density at radius 3 is 2.82 bits per heavy atom. The maximum absolute atomic E-state index is 13.5. The third-order valence-electron chi connectivity index (χ3n) is 3.26. The Kier molecular flexibility index (Phi) is 3.82. The van der Waals surface area contributed by atoms with Crippen molar-refractivity contribution in [1.82, 2.24) is 4.90 Å². The lowest BCUT2D eigenvalue weighted by Crippen LogP contribution is -2.43. The van der Waals surface area contributed by atoms with E-state index in [4.69, 9.17) is 0 Å². The highest BCUT2D eigenvalue weighted by molar-refractivity contribution is 9.09. The van der Waals surface area contributed by atoms with Crippen LogP contribution in [0.25, 0.3) is 0 Å². The second kappa shape index (κ2) is 5.17. The molecule has 0 aliphatic carbocycles. The lowest BCUT2D eigenvalue weighted by molar-refractivity contribution is 0.0701. The van der Waals surface area contributed by atoms with Gasteiger partial charge in [0.25, 0.3) is 5.91 Å². The highest BCUT2D eigenvalue weighted by atomic mass is 79.9. The second-order valence-electron chi connectivity index (χ2n) is 4.51. The molecular weight excluding hydrogens is 285 g/mol. The van der Waals surface area contributed by atoms with Crippen molar-refractivity contribution in [1.29, 1.82) is 0 Å². The molecule has 1 amide bonds. The molecule has 0 bridgehead atoms. The largest absolute Gasteiger partial charge is 0.337 e. The van der Waals surface area contributed by atoms with Gasteiger partial charge < -0.3 is 4.90 Å². The summed E-state index contributed by atoms with van der Waals surface area (Å²) in [5.74, 6) is -0.0960. The molecule has 2 nitrogen and oxygen atoms in total. The van der Waals surface area contributed by atoms with E-state index < -0.39 is 5.82 Å². The molecular formula is C13H15BrFNO. The maximum atomic E-state index is 13.5. The number of hydrogen-bond acceptors (Lipinski definition) is 1. The minimum atomic E-state index is -0.442. The first kappa shape index (κ1) is 12.6. The molecule has 92 valence electrons. The monoisotopic (exact) mass is 299 g/mol. The maximum Gasteiger partial charge on any atom is 0.256 e. The van der Waals surface area contributed by atoms with Crippen LogP contribution in [0.3, 0.4) is 0 Å². The van der Waals surface area contributed by atoms with Crippen LogP contribution in [0.2, 0.25) is 0 Å². The van der Waals surface area contributed by atoms with Gasteiger partial charge in [-0.25, -0.2) is 4.39 Å². The summed E-state index contributed by atoms with van der Waals surface area (Å²) < 4.78 is 13.5. The van der Waals surface area contributed by atoms with E-state index >= 15 is 0 Å². The van der Waals surface area contributed by atoms with Gasteiger partial charge in [-0.1, -0.05) is 35.0 Å². The molecule has 1 saturated heterocycles. The molecule has 1 heterocycles. The van der Waals surface area contributed by atoms with Crippen LogP contribution in [0.4, 0.5) is 4.39 Å². The lowest BCUT2D eigenvalue weighted by Gasteiger charge is -2.34. The van der Waals surface area contributed by atoms with Gasteiger partial charge in [0.05, 0.1) is 5.56 Å². The first-order chi connectivity index (χ1) is 8.09. The Morgan fingerprint density at radius 1 is 1.47 bits per heavy atom. The van der Waals surface area contributed by atoms with E-state index in [1.54, 1.807) is 23.1 Å². The van der Waals surface area contributed by atoms with Gasteiger partial charge in [-0.15, -0.1) is 0 Å². The molecule has 2 unspecified atom stereocenters. The van der Waals surface area contributed by atoms with Crippen molar-refractivity contribution in [2.75, 3.05) is 13.1 Å². The van der Waals surface area contributed by atoms with Crippen molar-refractivity contribution in [3.05, 3.63) is 35.6 Å². The number of piperidine rings is 1. The van der Waals surface area contributed by atoms with E-state index in [9.17, 15) is 9.18 Å². The van der Waals surface area contributed by atoms with Crippen LogP contribution in [-0.2, 0) is 0 Å². The Bertz CT molecular complexity index is 424. The summed E-state index contributed by atoms with van der Waals surface area (Å²) in [4.78, 5) is 14.2. The Labute approximate surface area is 109 Å². The van der Waals surface area contributed by atoms with Gasteiger partial charge >= 0.3 is 0 Å². The van der Waals surface area contributed by atoms with E-state index in [1.807, 2.05) is 0 Å². The molecule has 0 spiro atoms. The lowest BCUT2D eigenvalue weighted by atomic mass is 9.98. The van der Waals surface area contributed by atoms with E-state index in [-0.39, 0.29) is 11.5 Å². The highest BCUT2D eigenvalue weighted by Gasteiger charge is 2.28. The van der Waals surface area contributed by atoms with Gasteiger partial charge in [0.1, 0.15) is 5.82 Å². The van der Waals surface area contributed by atoms with Gasteiger partial charge in [-0.2, -0.15) is 0 Å². The average Bonchev–Trinajstić information content (AvgIpc) is 2.32. The summed E-state index contributed by atoms with van der Waals surface area (Å²) in [5, 5.41) is 0. The topological polar surface area (TPSA) is 20.3 Å². The number of nitrogens with zero attached hydrogens (tertiary/aromatic N) is 1. The molecule has 4 heteroatoms. The normalized spacial score (nSPS) is 24.8. The summed E-state index contributed by atoms with van der Waals surface area (Å²) in [6.07, 6.45) is 0.954. The summed E-state index contributed by atoms with van der Waals surface area (Å²) in [5.41, 5.74) is 0.168. The summed E-state index contributed by atoms with van der Waals surface area (Å²) in [7, 11) is 0. The zero-order chi connectivity index (χ0) is 12.4. The molecule has 1 fully saturated rings. The van der Waals surface area contributed by atoms with Crippen LogP contribution >= 0.6 is 15.9 Å². The quantitative estimate of drug-likeness (QED) is 0.730. The number of alkyl halides is 1. The molecule has 1 aliphatic heterocycles. The van der Waals surface area contributed by atoms with Gasteiger partial charge in [0.2, 0.25) is 0 Å². The van der Waals surface area contributed by atoms with Crippen molar-refractivity contribution in [2.24, 2.45) is 5.92 Å². The molecule has 0 saturated carbocycles. The van der Waals surface area contributed by atoms with E-state index in [1.165, 1.54) is 6.07 Å². The fourth-order valence-electron chi connectivity index (χ4n) is 2.01. The molecule has 1 aromatic rings. The zero-order valence-electron chi connectivity index (χ0n) is 9.70. The van der Waals surface area contributed by atoms with Crippen molar-refractivity contribution >= 4 is 21.8 Å². The van der Waals surface area contributed by atoms with Crippen molar-refractivity contribution in [3.63, 3.8) is 0 Å². The van der Waals surface area contributed by atoms with Gasteiger partial charge in [-0.05, 0) is 24.5 Å². The first-order valence-corrected chi connectivity index (χ1v) is 6.69. The number of hydrogen-bond donors (Lipinski definition) is 0. The standard InChI is InChI=1S/C13H15BrFNO/c1-9-6-7-16(8-11(9)14)13(17)10-4-2-3-5-12(10)15/h2-5,9,11H,6-8H2,1H3. The van der Waals surface area contributed by atoms with Crippen LogP contribution in [0.1, 0.15) is 23.7 Å². The Morgan fingerprint density at radius 2 is 2.18 bits per heavy atom. The molecule has 0 N–H and O–H groups in total. The van der Waals surface area contributed by atoms with Gasteiger partial charge in [0.15, 0.2) is 0 Å². The average molecular weight is 300 g/mol. The van der Waals surface area contributed by atoms with Gasteiger partial charge in [0, 0.05) is 17.9 Å². The SMILES string of the molecule is CC1CCN(C(=O)c2ccccc2F)CC1Br. The number of halogens is 2. The minimum Gasteiger partial charge on any atom is -0.337 e. The number of likely N-dealkylation sites (tertiary alicyclic amines) is 1. The third kappa shape index (κ3) is 2.68. The number of carbonyl (C=O) groups excluding carboxylic acids is 1. The third-order valence-corrected chi connectivity index (χ3v) is 4.45. The number of rotatable bonds is 1. The van der Waals surface area contributed by atoms with Crippen molar-refractivity contribution in [2.45, 2.75) is 18.2 Å². The fourth-order valence-corrected chi connectivity index (χ4v) is 2.63. The Hall–Kier alpha value is -0.900. The van der Waals surface area contributed by atoms with Crippen LogP contribution in [-0.4, -0.2) is 28.7 Å². The predicted molar refractivity (Wildman–Crippen MR) is 68.8 cm³/mol. The van der Waals surface area contributed by atoms with Crippen molar-refractivity contribution in [3.8, 4) is 0 Å². The van der Waals surface area contributed by atoms with E-state index in [2.05, 4.69) is 22.9 Å². The molecule has 0 aromatic heterocycles.